The minimum absolute atomic E-state index is 0.00985. The van der Waals surface area contributed by atoms with E-state index in [4.69, 9.17) is 0 Å². The van der Waals surface area contributed by atoms with Crippen molar-refractivity contribution >= 4 is 5.57 Å². The molecule has 7 unspecified atom stereocenters. The van der Waals surface area contributed by atoms with Crippen molar-refractivity contribution < 1.29 is 0 Å². The van der Waals surface area contributed by atoms with Gasteiger partial charge in [0.05, 0.1) is 12.1 Å². The lowest BCUT2D eigenvalue weighted by Gasteiger charge is -2.61. The van der Waals surface area contributed by atoms with Crippen LogP contribution in [0.4, 0.5) is 0 Å². The minimum Gasteiger partial charge on any atom is -0.246 e. The van der Waals surface area contributed by atoms with Gasteiger partial charge in [-0.25, -0.2) is 23.5 Å². The van der Waals surface area contributed by atoms with Crippen molar-refractivity contribution in [3.8, 4) is 0 Å². The van der Waals surface area contributed by atoms with Crippen molar-refractivity contribution in [2.45, 2.75) is 72.0 Å². The van der Waals surface area contributed by atoms with Gasteiger partial charge >= 0.3 is 11.4 Å². The average molecular weight is 444 g/mol. The molecule has 5 heteroatoms. The van der Waals surface area contributed by atoms with Gasteiger partial charge in [0.2, 0.25) is 0 Å². The molecular formula is C28H33N3O2. The van der Waals surface area contributed by atoms with Gasteiger partial charge in [-0.1, -0.05) is 75.8 Å². The van der Waals surface area contributed by atoms with E-state index in [1.54, 1.807) is 4.57 Å². The fourth-order valence-electron chi connectivity index (χ4n) is 9.11. The maximum absolute atomic E-state index is 14.0. The number of hydrogen-bond donors (Lipinski definition) is 0. The van der Waals surface area contributed by atoms with Crippen LogP contribution in [0.1, 0.15) is 77.6 Å². The molecule has 1 aromatic carbocycles. The third kappa shape index (κ3) is 1.92. The highest BCUT2D eigenvalue weighted by Gasteiger charge is 2.65. The fourth-order valence-corrected chi connectivity index (χ4v) is 9.11. The van der Waals surface area contributed by atoms with Gasteiger partial charge in [0.1, 0.15) is 0 Å². The second-order valence-corrected chi connectivity index (χ2v) is 12.3. The van der Waals surface area contributed by atoms with Crippen LogP contribution in [-0.4, -0.2) is 13.9 Å². The topological polar surface area (TPSA) is 48.9 Å². The summed E-state index contributed by atoms with van der Waals surface area (Å²) in [5.41, 5.74) is 3.69. The molecule has 0 N–H and O–H groups in total. The lowest BCUT2D eigenvalue weighted by molar-refractivity contribution is 0.0566. The van der Waals surface area contributed by atoms with E-state index in [1.165, 1.54) is 23.1 Å². The van der Waals surface area contributed by atoms with E-state index in [9.17, 15) is 9.59 Å². The van der Waals surface area contributed by atoms with Gasteiger partial charge < -0.3 is 0 Å². The summed E-state index contributed by atoms with van der Waals surface area (Å²) < 4.78 is 5.30. The summed E-state index contributed by atoms with van der Waals surface area (Å²) in [6, 6.07) is 10.3. The normalized spacial score (nSPS) is 41.3. The van der Waals surface area contributed by atoms with Crippen molar-refractivity contribution in [3.63, 3.8) is 0 Å². The number of benzene rings is 1. The van der Waals surface area contributed by atoms with Gasteiger partial charge in [-0.3, -0.25) is 0 Å². The van der Waals surface area contributed by atoms with E-state index in [0.717, 1.165) is 12.8 Å². The van der Waals surface area contributed by atoms with Gasteiger partial charge in [-0.05, 0) is 54.1 Å². The fraction of sp³-hybridized carbons (Fsp3) is 0.571. The maximum atomic E-state index is 14.0. The Balaban J connectivity index is 1.41. The zero-order chi connectivity index (χ0) is 23.1. The van der Waals surface area contributed by atoms with Gasteiger partial charge in [0.15, 0.2) is 0 Å². The first-order valence-electron chi connectivity index (χ1n) is 12.5. The predicted octanol–water partition coefficient (Wildman–Crippen LogP) is 4.97. The Bertz CT molecular complexity index is 1390. The largest absolute Gasteiger partial charge is 0.348 e. The molecule has 2 saturated carbocycles. The molecule has 172 valence electrons. The minimum atomic E-state index is -0.175. The predicted molar refractivity (Wildman–Crippen MR) is 129 cm³/mol. The molecule has 4 aliphatic carbocycles. The Morgan fingerprint density at radius 2 is 1.64 bits per heavy atom. The summed E-state index contributed by atoms with van der Waals surface area (Å²) in [6.07, 6.45) is 7.61. The molecular weight excluding hydrogens is 410 g/mol. The Morgan fingerprint density at radius 3 is 2.27 bits per heavy atom. The Kier molecular flexibility index (Phi) is 3.45. The third-order valence-electron chi connectivity index (χ3n) is 11.2. The molecule has 2 fully saturated rings. The Labute approximate surface area is 194 Å². The lowest BCUT2D eigenvalue weighted by atomic mass is 9.48. The van der Waals surface area contributed by atoms with Crippen molar-refractivity contribution in [1.82, 2.24) is 13.9 Å². The number of hydrogen-bond acceptors (Lipinski definition) is 2. The molecule has 8 rings (SSSR count). The van der Waals surface area contributed by atoms with E-state index in [0.29, 0.717) is 5.92 Å². The monoisotopic (exact) mass is 443 g/mol. The molecule has 2 aliphatic heterocycles. The third-order valence-corrected chi connectivity index (χ3v) is 11.2. The standard InChI is InChI=1S/C28H33N3O2/c1-16-22(17-9-7-6-8-10-17)28(5)20-12-11-19(23(16)28)30-24(32)29(25(33)31(20)30)21-15-18-13-14-27(21,4)26(18,2)3/h6-12,18-21,23H,13-15H2,1-5H3. The van der Waals surface area contributed by atoms with E-state index < -0.39 is 0 Å². The van der Waals surface area contributed by atoms with Crippen LogP contribution in [0.15, 0.2) is 57.6 Å². The lowest BCUT2D eigenvalue weighted by Crippen LogP contribution is -2.59. The van der Waals surface area contributed by atoms with E-state index in [1.807, 2.05) is 15.4 Å². The number of aromatic nitrogens is 3. The van der Waals surface area contributed by atoms with Crippen molar-refractivity contribution in [2.24, 2.45) is 28.1 Å². The molecule has 0 saturated heterocycles. The Hall–Kier alpha value is -2.56. The number of nitrogens with zero attached hydrogens (tertiary/aromatic N) is 3. The van der Waals surface area contributed by atoms with Crippen molar-refractivity contribution in [2.75, 3.05) is 0 Å². The molecule has 2 aromatic rings. The zero-order valence-electron chi connectivity index (χ0n) is 20.2. The highest BCUT2D eigenvalue weighted by atomic mass is 16.2. The molecule has 4 bridgehead atoms. The van der Waals surface area contributed by atoms with Crippen LogP contribution in [0.3, 0.4) is 0 Å². The summed E-state index contributed by atoms with van der Waals surface area (Å²) in [5.74, 6) is 0.834. The van der Waals surface area contributed by atoms with Crippen molar-refractivity contribution in [1.29, 1.82) is 0 Å². The highest BCUT2D eigenvalue weighted by Crippen LogP contribution is 2.70. The first kappa shape index (κ1) is 19.9. The van der Waals surface area contributed by atoms with Crippen LogP contribution >= 0.6 is 0 Å². The molecule has 7 atom stereocenters. The van der Waals surface area contributed by atoms with Crippen LogP contribution < -0.4 is 11.4 Å². The number of allylic oxidation sites excluding steroid dienone is 4. The number of fused-ring (bicyclic) bond motifs is 2. The smallest absolute Gasteiger partial charge is 0.246 e. The summed E-state index contributed by atoms with van der Waals surface area (Å²) in [4.78, 5) is 28.0. The van der Waals surface area contributed by atoms with Crippen LogP contribution in [0.5, 0.6) is 0 Å². The SMILES string of the molecule is CC1=C(c2ccccc2)C2(C)C1C1C=CC2n2c(=O)n(C3CC4CCC3(C)C4(C)C)c(=O)n21. The Morgan fingerprint density at radius 1 is 0.939 bits per heavy atom. The quantitative estimate of drug-likeness (QED) is 0.615. The molecule has 0 spiro atoms. The zero-order valence-corrected chi connectivity index (χ0v) is 20.2. The highest BCUT2D eigenvalue weighted by molar-refractivity contribution is 5.81. The van der Waals surface area contributed by atoms with Gasteiger partial charge in [-0.15, -0.1) is 0 Å². The molecule has 0 amide bonds. The van der Waals surface area contributed by atoms with Gasteiger partial charge in [0.25, 0.3) is 0 Å². The van der Waals surface area contributed by atoms with Crippen molar-refractivity contribution in [3.05, 3.63) is 74.6 Å². The van der Waals surface area contributed by atoms with Gasteiger partial charge in [-0.2, -0.15) is 0 Å². The second kappa shape index (κ2) is 5.73. The molecule has 33 heavy (non-hydrogen) atoms. The maximum Gasteiger partial charge on any atom is 0.348 e. The first-order valence-corrected chi connectivity index (χ1v) is 12.5. The summed E-state index contributed by atoms with van der Waals surface area (Å²) in [7, 11) is 0. The summed E-state index contributed by atoms with van der Waals surface area (Å²) in [5, 5.41) is 0. The van der Waals surface area contributed by atoms with Crippen LogP contribution in [-0.2, 0) is 0 Å². The molecule has 5 nitrogen and oxygen atoms in total. The van der Waals surface area contributed by atoms with E-state index >= 15 is 0 Å². The molecule has 0 radical (unpaired) electrons. The van der Waals surface area contributed by atoms with Crippen LogP contribution in [0.2, 0.25) is 0 Å². The molecule has 3 heterocycles. The van der Waals surface area contributed by atoms with E-state index in [-0.39, 0.29) is 51.7 Å². The number of rotatable bonds is 2. The van der Waals surface area contributed by atoms with Crippen LogP contribution in [0.25, 0.3) is 5.57 Å². The summed E-state index contributed by atoms with van der Waals surface area (Å²) >= 11 is 0. The summed E-state index contributed by atoms with van der Waals surface area (Å²) in [6.45, 7) is 11.5. The molecule has 6 aliphatic rings. The second-order valence-electron chi connectivity index (χ2n) is 12.3. The molecule has 1 aromatic heterocycles. The first-order chi connectivity index (χ1) is 15.6. The van der Waals surface area contributed by atoms with E-state index in [2.05, 4.69) is 71.0 Å². The van der Waals surface area contributed by atoms with Gasteiger partial charge in [0, 0.05) is 17.4 Å². The van der Waals surface area contributed by atoms with Crippen LogP contribution in [0, 0.1) is 28.1 Å². The average Bonchev–Trinajstić information content (AvgIpc) is 3.26.